The van der Waals surface area contributed by atoms with Crippen molar-refractivity contribution in [2.45, 2.75) is 19.6 Å². The fourth-order valence-electron chi connectivity index (χ4n) is 0.219. The summed E-state index contributed by atoms with van der Waals surface area (Å²) in [5.74, 6) is 0. The van der Waals surface area contributed by atoms with Crippen molar-refractivity contribution in [1.29, 1.82) is 0 Å². The van der Waals surface area contributed by atoms with Gasteiger partial charge in [-0.25, -0.2) is 0 Å². The third-order valence-electron chi connectivity index (χ3n) is 0.500. The third-order valence-corrected chi connectivity index (χ3v) is 4.50. The molecule has 0 bridgehead atoms. The Morgan fingerprint density at radius 3 is 2.00 bits per heavy atom. The van der Waals surface area contributed by atoms with Gasteiger partial charge in [-0.05, 0) is 0 Å². The minimum absolute atomic E-state index is 0.855. The first-order valence-electron chi connectivity index (χ1n) is 2.50. The summed E-state index contributed by atoms with van der Waals surface area (Å²) >= 11 is 0. The van der Waals surface area contributed by atoms with E-state index in [0.717, 1.165) is 9.04 Å². The Balaban J connectivity index is 3.50. The quantitative estimate of drug-likeness (QED) is 0.383. The molecule has 0 aliphatic heterocycles. The largest absolute Gasteiger partial charge is 0.147 e. The van der Waals surface area contributed by atoms with E-state index >= 15 is 0 Å². The number of hydrogen-bond donors (Lipinski definition) is 0. The fraction of sp³-hybridized carbons (Fsp3) is 0.600. The maximum absolute atomic E-state index is 3.11. The van der Waals surface area contributed by atoms with Gasteiger partial charge in [0.25, 0.3) is 0 Å². The van der Waals surface area contributed by atoms with Crippen LogP contribution >= 0.6 is 0 Å². The van der Waals surface area contributed by atoms with Crippen molar-refractivity contribution in [1.82, 2.24) is 0 Å². The molecule has 0 aromatic heterocycles. The van der Waals surface area contributed by atoms with Gasteiger partial charge in [-0.1, -0.05) is 19.6 Å². The van der Waals surface area contributed by atoms with Gasteiger partial charge >= 0.3 is 0 Å². The highest BCUT2D eigenvalue weighted by Gasteiger charge is 2.11. The minimum atomic E-state index is -0.855. The van der Waals surface area contributed by atoms with Crippen molar-refractivity contribution in [2.24, 2.45) is 0 Å². The van der Waals surface area contributed by atoms with Crippen LogP contribution in [0, 0.1) is 11.1 Å². The SMILES string of the molecule is C[Si](C)(C)[Si]C#C[Si]. The van der Waals surface area contributed by atoms with Crippen molar-refractivity contribution in [3.63, 3.8) is 0 Å². The van der Waals surface area contributed by atoms with Crippen LogP contribution < -0.4 is 0 Å². The second-order valence-electron chi connectivity index (χ2n) is 2.62. The molecule has 5 radical (unpaired) electrons. The van der Waals surface area contributed by atoms with Gasteiger partial charge in [0.1, 0.15) is 19.3 Å². The summed E-state index contributed by atoms with van der Waals surface area (Å²) in [6.45, 7) is 6.96. The molecule has 0 unspecified atom stereocenters. The van der Waals surface area contributed by atoms with E-state index in [0.29, 0.717) is 0 Å². The molecule has 0 aromatic carbocycles. The van der Waals surface area contributed by atoms with E-state index < -0.39 is 7.59 Å². The molecule has 0 spiro atoms. The summed E-state index contributed by atoms with van der Waals surface area (Å²) in [7, 11) is 3.13. The molecule has 0 heterocycles. The molecule has 0 aromatic rings. The molecule has 0 fully saturated rings. The molecular weight excluding hydrogens is 144 g/mol. The van der Waals surface area contributed by atoms with E-state index in [1.54, 1.807) is 0 Å². The van der Waals surface area contributed by atoms with E-state index in [1.165, 1.54) is 0 Å². The standard InChI is InChI=1S/C5H9Si3/c1-8(2,3)7-5-4-6/h1-3H3. The van der Waals surface area contributed by atoms with Gasteiger partial charge in [0.15, 0.2) is 0 Å². The van der Waals surface area contributed by atoms with Gasteiger partial charge in [0.05, 0.1) is 0 Å². The lowest BCUT2D eigenvalue weighted by atomic mass is 11.4. The molecule has 0 aliphatic rings. The van der Waals surface area contributed by atoms with Crippen LogP contribution in [0.1, 0.15) is 0 Å². The van der Waals surface area contributed by atoms with Crippen LogP contribution in [0.3, 0.4) is 0 Å². The molecule has 41 valence electrons. The van der Waals surface area contributed by atoms with E-state index in [2.05, 4.69) is 41.0 Å². The summed E-state index contributed by atoms with van der Waals surface area (Å²) in [4.78, 5) is 0. The Labute approximate surface area is 58.1 Å². The lowest BCUT2D eigenvalue weighted by Gasteiger charge is -2.07. The molecule has 0 rings (SSSR count). The molecule has 0 nitrogen and oxygen atoms in total. The van der Waals surface area contributed by atoms with Gasteiger partial charge < -0.3 is 0 Å². The summed E-state index contributed by atoms with van der Waals surface area (Å²) in [6, 6.07) is 0. The van der Waals surface area contributed by atoms with E-state index in [1.807, 2.05) is 0 Å². The van der Waals surface area contributed by atoms with Gasteiger partial charge in [-0.3, -0.25) is 0 Å². The maximum atomic E-state index is 3.11. The van der Waals surface area contributed by atoms with Gasteiger partial charge in [0.2, 0.25) is 0 Å². The molecular formula is C5H9Si3. The zero-order valence-electron chi connectivity index (χ0n) is 5.50. The first-order valence-corrected chi connectivity index (χ1v) is 8.50. The predicted molar refractivity (Wildman–Crippen MR) is 42.6 cm³/mol. The Morgan fingerprint density at radius 1 is 1.38 bits per heavy atom. The van der Waals surface area contributed by atoms with Crippen LogP contribution in [0.2, 0.25) is 19.6 Å². The van der Waals surface area contributed by atoms with Crippen LogP contribution in [0.5, 0.6) is 0 Å². The second-order valence-corrected chi connectivity index (χ2v) is 13.1. The van der Waals surface area contributed by atoms with Crippen molar-refractivity contribution in [2.75, 3.05) is 0 Å². The lowest BCUT2D eigenvalue weighted by Crippen LogP contribution is -2.28. The summed E-state index contributed by atoms with van der Waals surface area (Å²) in [6.07, 6.45) is 0. The van der Waals surface area contributed by atoms with Crippen molar-refractivity contribution in [3.8, 4) is 11.1 Å². The molecule has 0 saturated carbocycles. The average molecular weight is 153 g/mol. The highest BCUT2D eigenvalue weighted by molar-refractivity contribution is 7.25. The smallest absolute Gasteiger partial charge is 0.146 e. The average Bonchev–Trinajstić information content (AvgIpc) is 1.59. The van der Waals surface area contributed by atoms with Crippen LogP contribution in [-0.2, 0) is 0 Å². The Morgan fingerprint density at radius 2 is 1.88 bits per heavy atom. The van der Waals surface area contributed by atoms with E-state index in [4.69, 9.17) is 0 Å². The summed E-state index contributed by atoms with van der Waals surface area (Å²) in [5, 5.41) is 0. The topological polar surface area (TPSA) is 0 Å². The molecule has 0 atom stereocenters. The first kappa shape index (κ1) is 8.21. The molecule has 0 saturated heterocycles. The van der Waals surface area contributed by atoms with Gasteiger partial charge in [-0.15, -0.1) is 11.1 Å². The zero-order chi connectivity index (χ0) is 6.62. The molecule has 0 N–H and O–H groups in total. The normalized spacial score (nSPS) is 10.0. The van der Waals surface area contributed by atoms with Gasteiger partial charge in [0, 0.05) is 7.59 Å². The van der Waals surface area contributed by atoms with Crippen LogP contribution in [0.15, 0.2) is 0 Å². The monoisotopic (exact) mass is 153 g/mol. The highest BCUT2D eigenvalue weighted by atomic mass is 29.2. The number of hydrogen-bond acceptors (Lipinski definition) is 0. The fourth-order valence-corrected chi connectivity index (χ4v) is 2.53. The minimum Gasteiger partial charge on any atom is -0.147 e. The summed E-state index contributed by atoms with van der Waals surface area (Å²) < 4.78 is 0. The molecule has 3 heteroatoms. The second kappa shape index (κ2) is 3.28. The molecule has 8 heavy (non-hydrogen) atoms. The summed E-state index contributed by atoms with van der Waals surface area (Å²) in [5.41, 5.74) is 5.77. The Hall–Kier alpha value is 0.211. The van der Waals surface area contributed by atoms with E-state index in [-0.39, 0.29) is 0 Å². The van der Waals surface area contributed by atoms with Crippen LogP contribution in [-0.4, -0.2) is 26.9 Å². The molecule has 0 amide bonds. The Bertz CT molecular complexity index is 112. The molecule has 0 aliphatic carbocycles. The highest BCUT2D eigenvalue weighted by Crippen LogP contribution is 1.94. The van der Waals surface area contributed by atoms with E-state index in [9.17, 15) is 0 Å². The maximum Gasteiger partial charge on any atom is 0.146 e. The third kappa shape index (κ3) is 6.21. The zero-order valence-corrected chi connectivity index (χ0v) is 8.50. The Kier molecular flexibility index (Phi) is 3.36. The van der Waals surface area contributed by atoms with Crippen LogP contribution in [0.25, 0.3) is 0 Å². The van der Waals surface area contributed by atoms with Crippen molar-refractivity contribution in [3.05, 3.63) is 0 Å². The van der Waals surface area contributed by atoms with Crippen molar-refractivity contribution >= 4 is 26.9 Å². The predicted octanol–water partition coefficient (Wildman–Crippen LogP) is 0.612. The van der Waals surface area contributed by atoms with Crippen molar-refractivity contribution < 1.29 is 0 Å². The van der Waals surface area contributed by atoms with Crippen LogP contribution in [0.4, 0.5) is 0 Å². The number of rotatable bonds is 1. The first-order chi connectivity index (χ1) is 3.56. The van der Waals surface area contributed by atoms with Gasteiger partial charge in [-0.2, -0.15) is 0 Å². The lowest BCUT2D eigenvalue weighted by molar-refractivity contribution is 1.86.